The molecule has 4 rings (SSSR count). The summed E-state index contributed by atoms with van der Waals surface area (Å²) in [5.41, 5.74) is -1.60. The van der Waals surface area contributed by atoms with Crippen LogP contribution >= 0.6 is 0 Å². The van der Waals surface area contributed by atoms with Crippen LogP contribution in [-0.4, -0.2) is 25.5 Å². The molecule has 0 aliphatic carbocycles. The second kappa shape index (κ2) is 9.45. The van der Waals surface area contributed by atoms with Gasteiger partial charge in [0.15, 0.2) is 0 Å². The SMILES string of the molecule is C[C@H](NC(=O)C(Cc1ccc(F)cc1)n1c(=O)[nH]c2cccc(O)c2c1=O)c1ncc(F)cc1F. The van der Waals surface area contributed by atoms with Crippen LogP contribution in [-0.2, 0) is 11.2 Å². The van der Waals surface area contributed by atoms with Gasteiger partial charge < -0.3 is 15.4 Å². The highest BCUT2D eigenvalue weighted by atomic mass is 19.1. The molecule has 2 aromatic heterocycles. The number of benzene rings is 2. The number of carbonyl (C=O) groups is 1. The molecule has 180 valence electrons. The molecule has 0 fully saturated rings. The first-order valence-electron chi connectivity index (χ1n) is 10.5. The Morgan fingerprint density at radius 2 is 1.83 bits per heavy atom. The Kier molecular flexibility index (Phi) is 6.41. The first-order chi connectivity index (χ1) is 16.7. The number of nitrogens with one attached hydrogen (secondary N) is 2. The number of phenolic OH excluding ortho intramolecular Hbond substituents is 1. The second-order valence-electron chi connectivity index (χ2n) is 7.90. The van der Waals surface area contributed by atoms with Crippen LogP contribution in [0.5, 0.6) is 5.75 Å². The van der Waals surface area contributed by atoms with E-state index in [9.17, 15) is 32.7 Å². The minimum Gasteiger partial charge on any atom is -0.507 e. The molecular formula is C24H19F3N4O4. The van der Waals surface area contributed by atoms with Crippen molar-refractivity contribution in [3.63, 3.8) is 0 Å². The summed E-state index contributed by atoms with van der Waals surface area (Å²) >= 11 is 0. The number of carbonyl (C=O) groups excluding carboxylic acids is 1. The van der Waals surface area contributed by atoms with Crippen LogP contribution in [0.3, 0.4) is 0 Å². The first-order valence-corrected chi connectivity index (χ1v) is 10.5. The van der Waals surface area contributed by atoms with E-state index in [1.165, 1.54) is 37.3 Å². The number of hydrogen-bond donors (Lipinski definition) is 3. The molecule has 0 saturated carbocycles. The summed E-state index contributed by atoms with van der Waals surface area (Å²) in [5, 5.41) is 12.5. The third kappa shape index (κ3) is 4.79. The number of hydrogen-bond acceptors (Lipinski definition) is 5. The van der Waals surface area contributed by atoms with Gasteiger partial charge in [0.2, 0.25) is 5.91 Å². The maximum absolute atomic E-state index is 14.2. The summed E-state index contributed by atoms with van der Waals surface area (Å²) in [7, 11) is 0. The van der Waals surface area contributed by atoms with E-state index in [1.807, 2.05) is 0 Å². The summed E-state index contributed by atoms with van der Waals surface area (Å²) in [4.78, 5) is 45.6. The lowest BCUT2D eigenvalue weighted by Gasteiger charge is -2.22. The molecule has 0 aliphatic heterocycles. The molecule has 8 nitrogen and oxygen atoms in total. The van der Waals surface area contributed by atoms with E-state index in [-0.39, 0.29) is 23.0 Å². The third-order valence-corrected chi connectivity index (χ3v) is 5.50. The number of fused-ring (bicyclic) bond motifs is 1. The molecule has 4 aromatic rings. The van der Waals surface area contributed by atoms with E-state index >= 15 is 0 Å². The largest absolute Gasteiger partial charge is 0.507 e. The average Bonchev–Trinajstić information content (AvgIpc) is 2.79. The fourth-order valence-electron chi connectivity index (χ4n) is 3.81. The number of aromatic amines is 1. The fourth-order valence-corrected chi connectivity index (χ4v) is 3.81. The molecule has 0 spiro atoms. The number of phenols is 1. The number of aromatic hydroxyl groups is 1. The summed E-state index contributed by atoms with van der Waals surface area (Å²) in [6, 6.07) is 7.29. The molecule has 11 heteroatoms. The van der Waals surface area contributed by atoms with Crippen molar-refractivity contribution < 1.29 is 23.1 Å². The highest BCUT2D eigenvalue weighted by Gasteiger charge is 2.28. The lowest BCUT2D eigenvalue weighted by atomic mass is 10.0. The van der Waals surface area contributed by atoms with E-state index < -0.39 is 52.4 Å². The molecule has 35 heavy (non-hydrogen) atoms. The maximum Gasteiger partial charge on any atom is 0.329 e. The van der Waals surface area contributed by atoms with Crippen LogP contribution in [0.2, 0.25) is 0 Å². The molecule has 0 aliphatic rings. The van der Waals surface area contributed by atoms with E-state index in [0.717, 1.165) is 18.3 Å². The highest BCUT2D eigenvalue weighted by Crippen LogP contribution is 2.21. The normalized spacial score (nSPS) is 12.9. The molecule has 1 unspecified atom stereocenters. The van der Waals surface area contributed by atoms with Crippen molar-refractivity contribution in [1.29, 1.82) is 0 Å². The topological polar surface area (TPSA) is 117 Å². The first kappa shape index (κ1) is 23.7. The number of amides is 1. The van der Waals surface area contributed by atoms with E-state index in [1.54, 1.807) is 0 Å². The van der Waals surface area contributed by atoms with Crippen LogP contribution in [0.4, 0.5) is 13.2 Å². The smallest absolute Gasteiger partial charge is 0.329 e. The monoisotopic (exact) mass is 484 g/mol. The van der Waals surface area contributed by atoms with Gasteiger partial charge in [-0.3, -0.25) is 14.6 Å². The summed E-state index contributed by atoms with van der Waals surface area (Å²) < 4.78 is 41.4. The maximum atomic E-state index is 14.2. The Balaban J connectivity index is 1.79. The van der Waals surface area contributed by atoms with Gasteiger partial charge in [-0.05, 0) is 36.8 Å². The van der Waals surface area contributed by atoms with Gasteiger partial charge in [-0.15, -0.1) is 0 Å². The van der Waals surface area contributed by atoms with Gasteiger partial charge in [-0.2, -0.15) is 0 Å². The van der Waals surface area contributed by atoms with Gasteiger partial charge in [0.05, 0.1) is 23.4 Å². The zero-order valence-electron chi connectivity index (χ0n) is 18.3. The second-order valence-corrected chi connectivity index (χ2v) is 7.90. The van der Waals surface area contributed by atoms with Crippen LogP contribution in [0.1, 0.15) is 30.3 Å². The molecule has 2 aromatic carbocycles. The fraction of sp³-hybridized carbons (Fsp3) is 0.167. The number of aromatic nitrogens is 3. The van der Waals surface area contributed by atoms with Crippen molar-refractivity contribution in [2.75, 3.05) is 0 Å². The molecule has 0 saturated heterocycles. The van der Waals surface area contributed by atoms with Gasteiger partial charge in [0.25, 0.3) is 5.56 Å². The van der Waals surface area contributed by atoms with Gasteiger partial charge in [-0.1, -0.05) is 18.2 Å². The van der Waals surface area contributed by atoms with Crippen molar-refractivity contribution >= 4 is 16.8 Å². The molecule has 1 amide bonds. The van der Waals surface area contributed by atoms with Crippen molar-refractivity contribution in [3.8, 4) is 5.75 Å². The lowest BCUT2D eigenvalue weighted by Crippen LogP contribution is -2.46. The van der Waals surface area contributed by atoms with Gasteiger partial charge in [0.1, 0.15) is 34.6 Å². The van der Waals surface area contributed by atoms with Gasteiger partial charge >= 0.3 is 5.69 Å². The summed E-state index contributed by atoms with van der Waals surface area (Å²) in [6.07, 6.45) is 0.582. The third-order valence-electron chi connectivity index (χ3n) is 5.50. The lowest BCUT2D eigenvalue weighted by molar-refractivity contribution is -0.125. The van der Waals surface area contributed by atoms with Crippen LogP contribution in [0, 0.1) is 17.5 Å². The molecule has 3 N–H and O–H groups in total. The van der Waals surface area contributed by atoms with Crippen LogP contribution in [0.15, 0.2) is 64.3 Å². The molecule has 0 radical (unpaired) electrons. The van der Waals surface area contributed by atoms with E-state index in [4.69, 9.17) is 0 Å². The molecule has 2 atom stereocenters. The van der Waals surface area contributed by atoms with E-state index in [2.05, 4.69) is 15.3 Å². The van der Waals surface area contributed by atoms with Gasteiger partial charge in [0, 0.05) is 12.5 Å². The Labute approximate surface area is 195 Å². The quantitative estimate of drug-likeness (QED) is 0.389. The molecule has 2 heterocycles. The van der Waals surface area contributed by atoms with Crippen LogP contribution < -0.4 is 16.6 Å². The predicted molar refractivity (Wildman–Crippen MR) is 120 cm³/mol. The summed E-state index contributed by atoms with van der Waals surface area (Å²) in [5.74, 6) is -3.66. The number of nitrogens with zero attached hydrogens (tertiary/aromatic N) is 2. The van der Waals surface area contributed by atoms with Crippen LogP contribution in [0.25, 0.3) is 10.9 Å². The minimum absolute atomic E-state index is 0.0724. The average molecular weight is 484 g/mol. The Morgan fingerprint density at radius 3 is 2.51 bits per heavy atom. The van der Waals surface area contributed by atoms with E-state index in [0.29, 0.717) is 16.2 Å². The zero-order valence-corrected chi connectivity index (χ0v) is 18.3. The number of H-pyrrole nitrogens is 1. The predicted octanol–water partition coefficient (Wildman–Crippen LogP) is 2.87. The Morgan fingerprint density at radius 1 is 1.11 bits per heavy atom. The summed E-state index contributed by atoms with van der Waals surface area (Å²) in [6.45, 7) is 1.40. The van der Waals surface area contributed by atoms with Crippen molar-refractivity contribution in [3.05, 3.63) is 104 Å². The van der Waals surface area contributed by atoms with Crippen molar-refractivity contribution in [1.82, 2.24) is 19.9 Å². The standard InChI is InChI=1S/C24H19F3N4O4/c1-12(21-16(27)10-15(26)11-28-21)29-22(33)18(9-13-5-7-14(25)8-6-13)31-23(34)20-17(30-24(31)35)3-2-4-19(20)32/h2-8,10-12,18,32H,9H2,1H3,(H,29,33)(H,30,35)/t12-,18?/m0/s1. The molecule has 0 bridgehead atoms. The molecular weight excluding hydrogens is 465 g/mol. The Bertz CT molecular complexity index is 1530. The minimum atomic E-state index is -1.47. The van der Waals surface area contributed by atoms with Crippen molar-refractivity contribution in [2.45, 2.75) is 25.4 Å². The van der Waals surface area contributed by atoms with Gasteiger partial charge in [-0.25, -0.2) is 22.5 Å². The Hall–Kier alpha value is -4.41. The van der Waals surface area contributed by atoms with Crippen molar-refractivity contribution in [2.24, 2.45) is 0 Å². The number of halogens is 3. The highest BCUT2D eigenvalue weighted by molar-refractivity contribution is 5.85. The number of rotatable bonds is 6. The zero-order chi connectivity index (χ0) is 25.3. The number of pyridine rings is 1.